The number of amides is 2. The van der Waals surface area contributed by atoms with Gasteiger partial charge in [-0.15, -0.1) is 0 Å². The summed E-state index contributed by atoms with van der Waals surface area (Å²) in [5.41, 5.74) is 1.74. The highest BCUT2D eigenvalue weighted by atomic mass is 79.9. The smallest absolute Gasteiger partial charge is 0.243 e. The fraction of sp³-hybridized carbons (Fsp3) is 0.429. The highest BCUT2D eigenvalue weighted by Crippen LogP contribution is 2.19. The highest BCUT2D eigenvalue weighted by molar-refractivity contribution is 9.10. The molecule has 0 atom stereocenters. The summed E-state index contributed by atoms with van der Waals surface area (Å²) < 4.78 is 0.970. The van der Waals surface area contributed by atoms with Gasteiger partial charge in [-0.1, -0.05) is 15.9 Å². The lowest BCUT2D eigenvalue weighted by Crippen LogP contribution is -2.35. The van der Waals surface area contributed by atoms with Crippen molar-refractivity contribution in [2.24, 2.45) is 0 Å². The molecule has 0 fully saturated rings. The summed E-state index contributed by atoms with van der Waals surface area (Å²) in [5.74, 6) is 0.578. The molecule has 4 nitrogen and oxygen atoms in total. The van der Waals surface area contributed by atoms with Crippen LogP contribution in [0.1, 0.15) is 12.0 Å². The third-order valence-electron chi connectivity index (χ3n) is 2.79. The van der Waals surface area contributed by atoms with Gasteiger partial charge < -0.3 is 10.2 Å². The minimum atomic E-state index is -0.185. The largest absolute Gasteiger partial charge is 0.336 e. The van der Waals surface area contributed by atoms with Crippen molar-refractivity contribution in [2.75, 3.05) is 30.9 Å². The van der Waals surface area contributed by atoms with Crippen molar-refractivity contribution in [3.8, 4) is 0 Å². The Morgan fingerprint density at radius 3 is 2.70 bits per heavy atom. The Kier molecular flexibility index (Phi) is 7.09. The first kappa shape index (κ1) is 17.0. The maximum atomic E-state index is 11.9. The van der Waals surface area contributed by atoms with Gasteiger partial charge in [0.05, 0.1) is 6.54 Å². The third-order valence-corrected chi connectivity index (χ3v) is 3.89. The van der Waals surface area contributed by atoms with Crippen LogP contribution >= 0.6 is 27.7 Å². The summed E-state index contributed by atoms with van der Waals surface area (Å²) in [7, 11) is 1.65. The summed E-state index contributed by atoms with van der Waals surface area (Å²) in [5, 5.41) is 2.82. The fourth-order valence-electron chi connectivity index (χ4n) is 1.64. The Morgan fingerprint density at radius 1 is 1.40 bits per heavy atom. The van der Waals surface area contributed by atoms with E-state index >= 15 is 0 Å². The van der Waals surface area contributed by atoms with Crippen LogP contribution < -0.4 is 5.32 Å². The van der Waals surface area contributed by atoms with Gasteiger partial charge in [0.2, 0.25) is 11.8 Å². The molecule has 1 N–H and O–H groups in total. The van der Waals surface area contributed by atoms with Crippen molar-refractivity contribution in [3.05, 3.63) is 28.2 Å². The lowest BCUT2D eigenvalue weighted by atomic mass is 10.2. The molecule has 0 bridgehead atoms. The summed E-state index contributed by atoms with van der Waals surface area (Å²) in [4.78, 5) is 25.1. The molecule has 20 heavy (non-hydrogen) atoms. The number of carbonyl (C=O) groups excluding carboxylic acids is 2. The molecule has 0 aliphatic rings. The van der Waals surface area contributed by atoms with Crippen molar-refractivity contribution >= 4 is 45.2 Å². The second-order valence-corrected chi connectivity index (χ2v) is 6.40. The zero-order chi connectivity index (χ0) is 15.1. The van der Waals surface area contributed by atoms with Crippen molar-refractivity contribution < 1.29 is 9.59 Å². The van der Waals surface area contributed by atoms with Gasteiger partial charge in [-0.05, 0) is 36.9 Å². The number of halogens is 1. The lowest BCUT2D eigenvalue weighted by Gasteiger charge is -2.17. The molecule has 0 saturated carbocycles. The molecule has 6 heteroatoms. The molecule has 0 unspecified atom stereocenters. The SMILES string of the molecule is CSCCC(=O)N(C)CC(=O)Nc1ccc(Br)cc1C. The quantitative estimate of drug-likeness (QED) is 0.850. The number of anilines is 1. The van der Waals surface area contributed by atoms with E-state index < -0.39 is 0 Å². The van der Waals surface area contributed by atoms with E-state index in [2.05, 4.69) is 21.2 Å². The van der Waals surface area contributed by atoms with Gasteiger partial charge in [0.25, 0.3) is 0 Å². The van der Waals surface area contributed by atoms with Gasteiger partial charge in [-0.25, -0.2) is 0 Å². The Morgan fingerprint density at radius 2 is 2.10 bits per heavy atom. The minimum absolute atomic E-state index is 0.0120. The van der Waals surface area contributed by atoms with Crippen molar-refractivity contribution in [1.82, 2.24) is 4.90 Å². The maximum absolute atomic E-state index is 11.9. The van der Waals surface area contributed by atoms with Gasteiger partial charge in [0.15, 0.2) is 0 Å². The fourth-order valence-corrected chi connectivity index (χ4v) is 2.50. The molecule has 0 heterocycles. The Hall–Kier alpha value is -1.01. The van der Waals surface area contributed by atoms with Crippen LogP contribution in [0.5, 0.6) is 0 Å². The van der Waals surface area contributed by atoms with Crippen LogP contribution in [0.3, 0.4) is 0 Å². The van der Waals surface area contributed by atoms with Gasteiger partial charge in [0, 0.05) is 29.4 Å². The number of carbonyl (C=O) groups is 2. The van der Waals surface area contributed by atoms with Crippen molar-refractivity contribution in [1.29, 1.82) is 0 Å². The van der Waals surface area contributed by atoms with Gasteiger partial charge in [-0.2, -0.15) is 11.8 Å². The molecule has 2 amide bonds. The van der Waals surface area contributed by atoms with E-state index in [-0.39, 0.29) is 18.4 Å². The normalized spacial score (nSPS) is 10.2. The molecule has 1 aromatic rings. The summed E-state index contributed by atoms with van der Waals surface area (Å²) in [6.07, 6.45) is 2.42. The number of nitrogens with zero attached hydrogens (tertiary/aromatic N) is 1. The number of nitrogens with one attached hydrogen (secondary N) is 1. The monoisotopic (exact) mass is 358 g/mol. The van der Waals surface area contributed by atoms with E-state index in [0.717, 1.165) is 21.5 Å². The van der Waals surface area contributed by atoms with Crippen LogP contribution in [-0.4, -0.2) is 42.3 Å². The van der Waals surface area contributed by atoms with Crippen LogP contribution in [0.2, 0.25) is 0 Å². The number of aryl methyl sites for hydroxylation is 1. The molecule has 0 aliphatic carbocycles. The maximum Gasteiger partial charge on any atom is 0.243 e. The number of thioether (sulfide) groups is 1. The molecular formula is C14H19BrN2O2S. The second kappa shape index (κ2) is 8.32. The number of hydrogen-bond acceptors (Lipinski definition) is 3. The first-order valence-corrected chi connectivity index (χ1v) is 8.41. The number of benzene rings is 1. The Balaban J connectivity index is 2.52. The molecule has 0 radical (unpaired) electrons. The summed E-state index contributed by atoms with van der Waals surface area (Å²) in [6, 6.07) is 5.64. The van der Waals surface area contributed by atoms with Crippen LogP contribution in [0, 0.1) is 6.92 Å². The van der Waals surface area contributed by atoms with E-state index in [1.165, 1.54) is 4.90 Å². The molecule has 110 valence electrons. The summed E-state index contributed by atoms with van der Waals surface area (Å²) in [6.45, 7) is 2.00. The lowest BCUT2D eigenvalue weighted by molar-refractivity contribution is -0.132. The molecule has 1 rings (SSSR count). The third kappa shape index (κ3) is 5.54. The number of hydrogen-bond donors (Lipinski definition) is 1. The average molecular weight is 359 g/mol. The molecule has 0 spiro atoms. The van der Waals surface area contributed by atoms with Gasteiger partial charge in [0.1, 0.15) is 0 Å². The average Bonchev–Trinajstić information content (AvgIpc) is 2.39. The predicted octanol–water partition coefficient (Wildman–Crippen LogP) is 2.91. The standard InChI is InChI=1S/C14H19BrN2O2S/c1-10-8-11(15)4-5-12(10)16-13(18)9-17(2)14(19)6-7-20-3/h4-5,8H,6-7,9H2,1-3H3,(H,16,18). The molecule has 0 aromatic heterocycles. The van der Waals surface area contributed by atoms with Gasteiger partial charge in [-0.3, -0.25) is 9.59 Å². The van der Waals surface area contributed by atoms with E-state index in [9.17, 15) is 9.59 Å². The predicted molar refractivity (Wildman–Crippen MR) is 88.1 cm³/mol. The van der Waals surface area contributed by atoms with Crippen molar-refractivity contribution in [2.45, 2.75) is 13.3 Å². The van der Waals surface area contributed by atoms with E-state index in [1.54, 1.807) is 18.8 Å². The minimum Gasteiger partial charge on any atom is -0.336 e. The number of likely N-dealkylation sites (N-methyl/N-ethyl adjacent to an activating group) is 1. The number of rotatable bonds is 6. The molecule has 1 aromatic carbocycles. The Labute approximate surface area is 132 Å². The topological polar surface area (TPSA) is 49.4 Å². The van der Waals surface area contributed by atoms with Gasteiger partial charge >= 0.3 is 0 Å². The zero-order valence-corrected chi connectivity index (χ0v) is 14.3. The molecule has 0 saturated heterocycles. The van der Waals surface area contributed by atoms with E-state index in [0.29, 0.717) is 6.42 Å². The first-order chi connectivity index (χ1) is 9.43. The van der Waals surface area contributed by atoms with Crippen LogP contribution in [0.4, 0.5) is 5.69 Å². The van der Waals surface area contributed by atoms with Crippen LogP contribution in [0.15, 0.2) is 22.7 Å². The van der Waals surface area contributed by atoms with Crippen molar-refractivity contribution in [3.63, 3.8) is 0 Å². The summed E-state index contributed by atoms with van der Waals surface area (Å²) >= 11 is 5.00. The molecular weight excluding hydrogens is 340 g/mol. The van der Waals surface area contributed by atoms with E-state index in [4.69, 9.17) is 0 Å². The zero-order valence-electron chi connectivity index (χ0n) is 11.9. The second-order valence-electron chi connectivity index (χ2n) is 4.50. The van der Waals surface area contributed by atoms with E-state index in [1.807, 2.05) is 31.4 Å². The Bertz CT molecular complexity index is 494. The first-order valence-electron chi connectivity index (χ1n) is 6.23. The highest BCUT2D eigenvalue weighted by Gasteiger charge is 2.13. The molecule has 0 aliphatic heterocycles. The van der Waals surface area contributed by atoms with Crippen LogP contribution in [-0.2, 0) is 9.59 Å². The van der Waals surface area contributed by atoms with Crippen LogP contribution in [0.25, 0.3) is 0 Å².